The van der Waals surface area contributed by atoms with Crippen LogP contribution in [0.3, 0.4) is 0 Å². The molecule has 1 heterocycles. The van der Waals surface area contributed by atoms with Crippen LogP contribution in [0.15, 0.2) is 36.4 Å². The van der Waals surface area contributed by atoms with E-state index in [1.807, 2.05) is 19.1 Å². The molecular formula is C21H22ClNO6. The van der Waals surface area contributed by atoms with Crippen LogP contribution in [0.2, 0.25) is 5.02 Å². The molecule has 0 fully saturated rings. The maximum absolute atomic E-state index is 11.8. The van der Waals surface area contributed by atoms with Gasteiger partial charge in [-0.25, -0.2) is 0 Å². The molecule has 0 spiro atoms. The number of ether oxygens (including phenoxy) is 4. The van der Waals surface area contributed by atoms with Crippen molar-refractivity contribution in [3.63, 3.8) is 0 Å². The van der Waals surface area contributed by atoms with Crippen LogP contribution < -0.4 is 19.5 Å². The minimum absolute atomic E-state index is 0.169. The molecule has 0 saturated heterocycles. The minimum Gasteiger partial charge on any atom is -0.494 e. The summed E-state index contributed by atoms with van der Waals surface area (Å²) < 4.78 is 21.1. The minimum atomic E-state index is -0.445. The summed E-state index contributed by atoms with van der Waals surface area (Å²) >= 11 is 5.96. The van der Waals surface area contributed by atoms with Gasteiger partial charge in [-0.3, -0.25) is 9.59 Å². The molecule has 0 unspecified atom stereocenters. The Morgan fingerprint density at radius 3 is 2.79 bits per heavy atom. The van der Waals surface area contributed by atoms with Crippen molar-refractivity contribution in [3.05, 3.63) is 52.5 Å². The Morgan fingerprint density at radius 2 is 1.97 bits per heavy atom. The molecule has 0 radical (unpaired) electrons. The van der Waals surface area contributed by atoms with Gasteiger partial charge in [-0.05, 0) is 54.8 Å². The summed E-state index contributed by atoms with van der Waals surface area (Å²) in [5.74, 6) is 1.22. The van der Waals surface area contributed by atoms with Gasteiger partial charge in [0.05, 0.1) is 6.61 Å². The predicted octanol–water partition coefficient (Wildman–Crippen LogP) is 3.40. The van der Waals surface area contributed by atoms with Gasteiger partial charge >= 0.3 is 5.97 Å². The van der Waals surface area contributed by atoms with Gasteiger partial charge in [0.15, 0.2) is 18.1 Å². The molecule has 8 heteroatoms. The maximum atomic E-state index is 11.8. The highest BCUT2D eigenvalue weighted by atomic mass is 35.5. The standard InChI is InChI=1S/C21H22ClNO6/c1-14-9-16(5-6-17(14)22)26-8-2-3-21(25)27-12-20(24)23-11-15-4-7-18-19(10-15)29-13-28-18/h4-7,9-10H,2-3,8,11-13H2,1H3,(H,23,24). The van der Waals surface area contributed by atoms with E-state index < -0.39 is 5.97 Å². The number of fused-ring (bicyclic) bond motifs is 1. The number of rotatable bonds is 9. The largest absolute Gasteiger partial charge is 0.494 e. The number of amides is 1. The highest BCUT2D eigenvalue weighted by Crippen LogP contribution is 2.32. The molecule has 1 N–H and O–H groups in total. The first-order valence-electron chi connectivity index (χ1n) is 9.21. The van der Waals surface area contributed by atoms with Crippen molar-refractivity contribution in [2.75, 3.05) is 20.0 Å². The van der Waals surface area contributed by atoms with Crippen LogP contribution >= 0.6 is 11.6 Å². The Kier molecular flexibility index (Phi) is 7.19. The fourth-order valence-corrected chi connectivity index (χ4v) is 2.75. The molecule has 29 heavy (non-hydrogen) atoms. The SMILES string of the molecule is Cc1cc(OCCCC(=O)OCC(=O)NCc2ccc3c(c2)OCO3)ccc1Cl. The fourth-order valence-electron chi connectivity index (χ4n) is 2.63. The number of aryl methyl sites for hydroxylation is 1. The van der Waals surface area contributed by atoms with Crippen molar-refractivity contribution in [2.24, 2.45) is 0 Å². The average molecular weight is 420 g/mol. The normalized spacial score (nSPS) is 11.8. The smallest absolute Gasteiger partial charge is 0.306 e. The molecule has 154 valence electrons. The third kappa shape index (κ3) is 6.29. The van der Waals surface area contributed by atoms with Crippen molar-refractivity contribution in [1.82, 2.24) is 5.32 Å². The van der Waals surface area contributed by atoms with Crippen LogP contribution in [0.4, 0.5) is 0 Å². The van der Waals surface area contributed by atoms with E-state index >= 15 is 0 Å². The summed E-state index contributed by atoms with van der Waals surface area (Å²) in [5.41, 5.74) is 1.79. The van der Waals surface area contributed by atoms with E-state index in [0.717, 1.165) is 11.1 Å². The fraction of sp³-hybridized carbons (Fsp3) is 0.333. The number of esters is 1. The second-order valence-corrected chi connectivity index (χ2v) is 6.90. The molecular weight excluding hydrogens is 398 g/mol. The average Bonchev–Trinajstić information content (AvgIpc) is 3.18. The topological polar surface area (TPSA) is 83.1 Å². The van der Waals surface area contributed by atoms with E-state index in [9.17, 15) is 9.59 Å². The van der Waals surface area contributed by atoms with E-state index in [-0.39, 0.29) is 25.7 Å². The van der Waals surface area contributed by atoms with Gasteiger partial charge in [-0.2, -0.15) is 0 Å². The molecule has 2 aromatic rings. The number of hydrogen-bond donors (Lipinski definition) is 1. The van der Waals surface area contributed by atoms with Crippen molar-refractivity contribution in [3.8, 4) is 17.2 Å². The first kappa shape index (κ1) is 20.8. The summed E-state index contributed by atoms with van der Waals surface area (Å²) in [6.45, 7) is 2.45. The third-order valence-corrected chi connectivity index (χ3v) is 4.64. The van der Waals surface area contributed by atoms with Gasteiger partial charge in [0.2, 0.25) is 6.79 Å². The number of benzene rings is 2. The Hall–Kier alpha value is -2.93. The van der Waals surface area contributed by atoms with Crippen LogP contribution in [-0.4, -0.2) is 31.9 Å². The quantitative estimate of drug-likeness (QED) is 0.495. The number of halogens is 1. The molecule has 0 bridgehead atoms. The Bertz CT molecular complexity index is 885. The number of carbonyl (C=O) groups is 2. The second-order valence-electron chi connectivity index (χ2n) is 6.49. The summed E-state index contributed by atoms with van der Waals surface area (Å²) in [5, 5.41) is 3.37. The van der Waals surface area contributed by atoms with Gasteiger partial charge in [0.1, 0.15) is 5.75 Å². The van der Waals surface area contributed by atoms with E-state index in [1.54, 1.807) is 24.3 Å². The first-order valence-corrected chi connectivity index (χ1v) is 9.59. The molecule has 7 nitrogen and oxygen atoms in total. The molecule has 1 aliphatic heterocycles. The predicted molar refractivity (Wildman–Crippen MR) is 106 cm³/mol. The van der Waals surface area contributed by atoms with Crippen LogP contribution in [-0.2, 0) is 20.9 Å². The zero-order valence-electron chi connectivity index (χ0n) is 16.0. The van der Waals surface area contributed by atoms with Gasteiger partial charge in [0, 0.05) is 18.0 Å². The van der Waals surface area contributed by atoms with Crippen LogP contribution in [0.1, 0.15) is 24.0 Å². The third-order valence-electron chi connectivity index (χ3n) is 4.21. The van der Waals surface area contributed by atoms with Gasteiger partial charge in [-0.15, -0.1) is 0 Å². The van der Waals surface area contributed by atoms with Crippen LogP contribution in [0.5, 0.6) is 17.2 Å². The van der Waals surface area contributed by atoms with E-state index in [2.05, 4.69) is 5.32 Å². The van der Waals surface area contributed by atoms with Crippen molar-refractivity contribution < 1.29 is 28.5 Å². The molecule has 0 atom stereocenters. The lowest BCUT2D eigenvalue weighted by Gasteiger charge is -2.09. The Balaban J connectivity index is 1.28. The van der Waals surface area contributed by atoms with Crippen LogP contribution in [0, 0.1) is 6.92 Å². The van der Waals surface area contributed by atoms with Crippen molar-refractivity contribution >= 4 is 23.5 Å². The van der Waals surface area contributed by atoms with Gasteiger partial charge in [-0.1, -0.05) is 17.7 Å². The second kappa shape index (κ2) is 10.0. The lowest BCUT2D eigenvalue weighted by Crippen LogP contribution is -2.28. The van der Waals surface area contributed by atoms with Gasteiger partial charge < -0.3 is 24.3 Å². The monoisotopic (exact) mass is 419 g/mol. The Morgan fingerprint density at radius 1 is 1.14 bits per heavy atom. The number of carbonyl (C=O) groups excluding carboxylic acids is 2. The molecule has 2 aromatic carbocycles. The van der Waals surface area contributed by atoms with E-state index in [1.165, 1.54) is 0 Å². The number of nitrogens with one attached hydrogen (secondary N) is 1. The molecule has 0 saturated carbocycles. The molecule has 3 rings (SSSR count). The summed E-state index contributed by atoms with van der Waals surface area (Å²) in [7, 11) is 0. The van der Waals surface area contributed by atoms with Crippen molar-refractivity contribution in [2.45, 2.75) is 26.3 Å². The molecule has 1 amide bonds. The summed E-state index contributed by atoms with van der Waals surface area (Å²) in [6.07, 6.45) is 0.654. The van der Waals surface area contributed by atoms with Crippen LogP contribution in [0.25, 0.3) is 0 Å². The summed E-state index contributed by atoms with van der Waals surface area (Å²) in [6, 6.07) is 10.8. The van der Waals surface area contributed by atoms with Gasteiger partial charge in [0.25, 0.3) is 5.91 Å². The van der Waals surface area contributed by atoms with Crippen molar-refractivity contribution in [1.29, 1.82) is 0 Å². The Labute approximate surface area is 173 Å². The maximum Gasteiger partial charge on any atom is 0.306 e. The zero-order chi connectivity index (χ0) is 20.6. The zero-order valence-corrected chi connectivity index (χ0v) is 16.8. The van der Waals surface area contributed by atoms with E-state index in [4.69, 9.17) is 30.5 Å². The first-order chi connectivity index (χ1) is 14.0. The lowest BCUT2D eigenvalue weighted by molar-refractivity contribution is -0.148. The summed E-state index contributed by atoms with van der Waals surface area (Å²) in [4.78, 5) is 23.6. The highest BCUT2D eigenvalue weighted by Gasteiger charge is 2.14. The molecule has 0 aliphatic carbocycles. The highest BCUT2D eigenvalue weighted by molar-refractivity contribution is 6.31. The van der Waals surface area contributed by atoms with E-state index in [0.29, 0.717) is 41.8 Å². The molecule has 0 aromatic heterocycles. The lowest BCUT2D eigenvalue weighted by atomic mass is 10.2. The molecule has 1 aliphatic rings. The number of hydrogen-bond acceptors (Lipinski definition) is 6.